The lowest BCUT2D eigenvalue weighted by Crippen LogP contribution is -2.18. The van der Waals surface area contributed by atoms with Crippen molar-refractivity contribution in [3.05, 3.63) is 29.8 Å². The zero-order chi connectivity index (χ0) is 11.1. The molecule has 0 spiro atoms. The highest BCUT2D eigenvalue weighted by atomic mass is 16.7. The number of rotatable bonds is 6. The lowest BCUT2D eigenvalue weighted by atomic mass is 10.2. The average molecular weight is 208 g/mol. The summed E-state index contributed by atoms with van der Waals surface area (Å²) in [5, 5.41) is 0. The first-order chi connectivity index (χ1) is 7.30. The monoisotopic (exact) mass is 208 g/mol. The summed E-state index contributed by atoms with van der Waals surface area (Å²) in [4.78, 5) is 10.4. The Labute approximate surface area is 90.0 Å². The topological polar surface area (TPSA) is 35.5 Å². The molecule has 15 heavy (non-hydrogen) atoms. The summed E-state index contributed by atoms with van der Waals surface area (Å²) in [6.45, 7) is 2.07. The summed E-state index contributed by atoms with van der Waals surface area (Å²) in [7, 11) is 1.63. The number of benzene rings is 1. The molecule has 0 aliphatic carbocycles. The van der Waals surface area contributed by atoms with Crippen LogP contribution in [-0.4, -0.2) is 19.7 Å². The molecule has 0 N–H and O–H groups in total. The van der Waals surface area contributed by atoms with Crippen molar-refractivity contribution in [2.75, 3.05) is 7.11 Å². The van der Waals surface area contributed by atoms with E-state index < -0.39 is 0 Å². The summed E-state index contributed by atoms with van der Waals surface area (Å²) < 4.78 is 10.7. The van der Waals surface area contributed by atoms with E-state index in [1.807, 2.05) is 0 Å². The Bertz CT molecular complexity index is 292. The van der Waals surface area contributed by atoms with Crippen molar-refractivity contribution in [2.24, 2.45) is 0 Å². The third kappa shape index (κ3) is 3.72. The van der Waals surface area contributed by atoms with Gasteiger partial charge >= 0.3 is 0 Å². The molecule has 0 amide bonds. The minimum Gasteiger partial charge on any atom is -0.465 e. The molecular weight excluding hydrogens is 192 g/mol. The molecule has 0 aromatic heterocycles. The van der Waals surface area contributed by atoms with Crippen LogP contribution in [0.3, 0.4) is 0 Å². The Morgan fingerprint density at radius 1 is 1.33 bits per heavy atom. The summed E-state index contributed by atoms with van der Waals surface area (Å²) in [6, 6.07) is 6.98. The number of carbonyl (C=O) groups excluding carboxylic acids is 1. The number of carbonyl (C=O) groups is 1. The van der Waals surface area contributed by atoms with Crippen molar-refractivity contribution in [1.29, 1.82) is 0 Å². The molecule has 3 heteroatoms. The molecule has 0 aliphatic rings. The summed E-state index contributed by atoms with van der Waals surface area (Å²) in [5.74, 6) is 0.723. The fourth-order valence-corrected chi connectivity index (χ4v) is 1.24. The predicted octanol–water partition coefficient (Wildman–Crippen LogP) is 2.65. The standard InChI is InChI=1S/C12H16O3/c1-3-4-12(14-2)15-11-7-5-10(9-13)6-8-11/h5-9,12H,3-4H2,1-2H3. The van der Waals surface area contributed by atoms with Crippen LogP contribution >= 0.6 is 0 Å². The van der Waals surface area contributed by atoms with E-state index in [9.17, 15) is 4.79 Å². The van der Waals surface area contributed by atoms with E-state index >= 15 is 0 Å². The molecule has 0 saturated carbocycles. The van der Waals surface area contributed by atoms with Gasteiger partial charge in [-0.15, -0.1) is 0 Å². The summed E-state index contributed by atoms with van der Waals surface area (Å²) >= 11 is 0. The minimum absolute atomic E-state index is 0.211. The van der Waals surface area contributed by atoms with Gasteiger partial charge in [0.1, 0.15) is 12.0 Å². The van der Waals surface area contributed by atoms with Gasteiger partial charge in [-0.2, -0.15) is 0 Å². The highest BCUT2D eigenvalue weighted by molar-refractivity contribution is 5.74. The molecule has 1 aromatic carbocycles. The number of methoxy groups -OCH3 is 1. The van der Waals surface area contributed by atoms with Gasteiger partial charge in [0.05, 0.1) is 0 Å². The van der Waals surface area contributed by atoms with Crippen LogP contribution in [0.15, 0.2) is 24.3 Å². The maximum Gasteiger partial charge on any atom is 0.199 e. The SMILES string of the molecule is CCCC(OC)Oc1ccc(C=O)cc1. The molecule has 1 rings (SSSR count). The van der Waals surface area contributed by atoms with Gasteiger partial charge in [0, 0.05) is 19.1 Å². The third-order valence-corrected chi connectivity index (χ3v) is 2.07. The molecule has 0 fully saturated rings. The van der Waals surface area contributed by atoms with Crippen LogP contribution in [0.4, 0.5) is 0 Å². The van der Waals surface area contributed by atoms with Crippen molar-refractivity contribution in [3.8, 4) is 5.75 Å². The molecule has 1 unspecified atom stereocenters. The van der Waals surface area contributed by atoms with Gasteiger partial charge in [-0.25, -0.2) is 0 Å². The van der Waals surface area contributed by atoms with Crippen LogP contribution in [0, 0.1) is 0 Å². The lowest BCUT2D eigenvalue weighted by molar-refractivity contribution is -0.0583. The molecule has 0 heterocycles. The zero-order valence-corrected chi connectivity index (χ0v) is 9.10. The third-order valence-electron chi connectivity index (χ3n) is 2.07. The molecule has 1 aromatic rings. The van der Waals surface area contributed by atoms with Crippen LogP contribution in [0.5, 0.6) is 5.75 Å². The predicted molar refractivity (Wildman–Crippen MR) is 58.2 cm³/mol. The van der Waals surface area contributed by atoms with Crippen LogP contribution < -0.4 is 4.74 Å². The van der Waals surface area contributed by atoms with Gasteiger partial charge < -0.3 is 9.47 Å². The summed E-state index contributed by atoms with van der Waals surface area (Å²) in [5.41, 5.74) is 0.645. The van der Waals surface area contributed by atoms with Crippen LogP contribution in [0.25, 0.3) is 0 Å². The van der Waals surface area contributed by atoms with Crippen molar-refractivity contribution in [1.82, 2.24) is 0 Å². The second-order valence-corrected chi connectivity index (χ2v) is 3.26. The van der Waals surface area contributed by atoms with Crippen LogP contribution in [0.2, 0.25) is 0 Å². The molecule has 0 radical (unpaired) electrons. The van der Waals surface area contributed by atoms with E-state index in [0.29, 0.717) is 5.56 Å². The van der Waals surface area contributed by atoms with Crippen molar-refractivity contribution >= 4 is 6.29 Å². The van der Waals surface area contributed by atoms with E-state index in [2.05, 4.69) is 6.92 Å². The molecular formula is C12H16O3. The fraction of sp³-hybridized carbons (Fsp3) is 0.417. The van der Waals surface area contributed by atoms with E-state index in [0.717, 1.165) is 24.9 Å². The van der Waals surface area contributed by atoms with E-state index in [1.165, 1.54) is 0 Å². The first-order valence-electron chi connectivity index (χ1n) is 5.04. The van der Waals surface area contributed by atoms with Crippen LogP contribution in [0.1, 0.15) is 30.1 Å². The van der Waals surface area contributed by atoms with Crippen molar-refractivity contribution in [2.45, 2.75) is 26.1 Å². The Kier molecular flexibility index (Phi) is 4.84. The average Bonchev–Trinajstić information content (AvgIpc) is 2.29. The minimum atomic E-state index is -0.211. The van der Waals surface area contributed by atoms with Gasteiger partial charge in [0.25, 0.3) is 0 Å². The number of ether oxygens (including phenoxy) is 2. The van der Waals surface area contributed by atoms with E-state index in [4.69, 9.17) is 9.47 Å². The Morgan fingerprint density at radius 3 is 2.47 bits per heavy atom. The maximum absolute atomic E-state index is 10.4. The first-order valence-corrected chi connectivity index (χ1v) is 5.04. The second-order valence-electron chi connectivity index (χ2n) is 3.26. The normalized spacial score (nSPS) is 12.1. The number of hydrogen-bond acceptors (Lipinski definition) is 3. The molecule has 3 nitrogen and oxygen atoms in total. The van der Waals surface area contributed by atoms with Crippen molar-refractivity contribution in [3.63, 3.8) is 0 Å². The maximum atomic E-state index is 10.4. The molecule has 1 atom stereocenters. The Hall–Kier alpha value is -1.35. The highest BCUT2D eigenvalue weighted by Gasteiger charge is 2.06. The van der Waals surface area contributed by atoms with Gasteiger partial charge in [-0.05, 0) is 24.3 Å². The zero-order valence-electron chi connectivity index (χ0n) is 9.10. The largest absolute Gasteiger partial charge is 0.465 e. The van der Waals surface area contributed by atoms with E-state index in [1.54, 1.807) is 31.4 Å². The molecule has 0 bridgehead atoms. The quantitative estimate of drug-likeness (QED) is 0.532. The van der Waals surface area contributed by atoms with Gasteiger partial charge in [-0.1, -0.05) is 13.3 Å². The Morgan fingerprint density at radius 2 is 2.00 bits per heavy atom. The summed E-state index contributed by atoms with van der Waals surface area (Å²) in [6.07, 6.45) is 2.46. The van der Waals surface area contributed by atoms with Gasteiger partial charge in [-0.3, -0.25) is 4.79 Å². The molecule has 0 saturated heterocycles. The Balaban J connectivity index is 2.58. The molecule has 82 valence electrons. The fourth-order valence-electron chi connectivity index (χ4n) is 1.24. The van der Waals surface area contributed by atoms with Gasteiger partial charge in [0.15, 0.2) is 6.29 Å². The molecule has 0 aliphatic heterocycles. The van der Waals surface area contributed by atoms with Gasteiger partial charge in [0.2, 0.25) is 0 Å². The smallest absolute Gasteiger partial charge is 0.199 e. The second kappa shape index (κ2) is 6.19. The van der Waals surface area contributed by atoms with E-state index in [-0.39, 0.29) is 6.29 Å². The van der Waals surface area contributed by atoms with Crippen molar-refractivity contribution < 1.29 is 14.3 Å². The highest BCUT2D eigenvalue weighted by Crippen LogP contribution is 2.15. The first kappa shape index (κ1) is 11.7. The number of aldehydes is 1. The van der Waals surface area contributed by atoms with Crippen LogP contribution in [-0.2, 0) is 4.74 Å². The number of hydrogen-bond donors (Lipinski definition) is 0. The lowest BCUT2D eigenvalue weighted by Gasteiger charge is -2.16.